The van der Waals surface area contributed by atoms with Crippen molar-refractivity contribution in [3.8, 4) is 28.5 Å². The molecule has 4 aromatic rings. The molecule has 35 heavy (non-hydrogen) atoms. The van der Waals surface area contributed by atoms with Crippen molar-refractivity contribution in [1.29, 1.82) is 5.26 Å². The van der Waals surface area contributed by atoms with Gasteiger partial charge in [-0.2, -0.15) is 5.26 Å². The monoisotopic (exact) mass is 497 g/mol. The molecular formula is C29H24ClN3OS. The van der Waals surface area contributed by atoms with Gasteiger partial charge in [0.05, 0.1) is 16.5 Å². The second-order valence-electron chi connectivity index (χ2n) is 8.34. The molecule has 0 saturated heterocycles. The lowest BCUT2D eigenvalue weighted by molar-refractivity contribution is -0.115. The topological polar surface area (TPSA) is 65.8 Å². The van der Waals surface area contributed by atoms with Gasteiger partial charge in [-0.15, -0.1) is 0 Å². The number of hydrogen-bond acceptors (Lipinski definition) is 4. The molecule has 0 fully saturated rings. The summed E-state index contributed by atoms with van der Waals surface area (Å²) >= 11 is 7.38. The average Bonchev–Trinajstić information content (AvgIpc) is 2.86. The maximum absolute atomic E-state index is 12.9. The van der Waals surface area contributed by atoms with Crippen LogP contribution in [0.4, 0.5) is 5.69 Å². The fourth-order valence-corrected chi connectivity index (χ4v) is 4.60. The summed E-state index contributed by atoms with van der Waals surface area (Å²) in [7, 11) is 0. The predicted octanol–water partition coefficient (Wildman–Crippen LogP) is 7.68. The normalized spacial score (nSPS) is 11.5. The van der Waals surface area contributed by atoms with E-state index in [9.17, 15) is 10.1 Å². The van der Waals surface area contributed by atoms with Crippen LogP contribution >= 0.6 is 23.4 Å². The molecule has 0 aliphatic heterocycles. The second-order valence-corrected chi connectivity index (χ2v) is 10.1. The van der Waals surface area contributed by atoms with E-state index >= 15 is 0 Å². The molecule has 1 aromatic heterocycles. The molecule has 1 amide bonds. The summed E-state index contributed by atoms with van der Waals surface area (Å²) in [6.07, 6.45) is 0. The highest BCUT2D eigenvalue weighted by molar-refractivity contribution is 8.00. The first kappa shape index (κ1) is 24.5. The van der Waals surface area contributed by atoms with Crippen molar-refractivity contribution in [1.82, 2.24) is 4.98 Å². The van der Waals surface area contributed by atoms with Gasteiger partial charge in [0.1, 0.15) is 11.1 Å². The van der Waals surface area contributed by atoms with Crippen molar-refractivity contribution in [2.75, 3.05) is 5.32 Å². The number of pyridine rings is 1. The Kier molecular flexibility index (Phi) is 7.55. The van der Waals surface area contributed by atoms with Gasteiger partial charge in [0.15, 0.2) is 0 Å². The third-order valence-corrected chi connectivity index (χ3v) is 6.92. The molecule has 1 unspecified atom stereocenters. The van der Waals surface area contributed by atoms with Gasteiger partial charge in [-0.1, -0.05) is 83.0 Å². The average molecular weight is 498 g/mol. The van der Waals surface area contributed by atoms with E-state index in [1.807, 2.05) is 87.5 Å². The Labute approximate surface area is 215 Å². The first-order valence-corrected chi connectivity index (χ1v) is 12.4. The molecule has 0 aliphatic rings. The van der Waals surface area contributed by atoms with E-state index < -0.39 is 5.25 Å². The molecule has 3 aromatic carbocycles. The molecule has 0 spiro atoms. The van der Waals surface area contributed by atoms with E-state index in [0.29, 0.717) is 15.6 Å². The molecule has 0 aliphatic carbocycles. The minimum atomic E-state index is -0.470. The van der Waals surface area contributed by atoms with E-state index in [-0.39, 0.29) is 5.91 Å². The van der Waals surface area contributed by atoms with Crippen LogP contribution in [0.3, 0.4) is 0 Å². The summed E-state index contributed by atoms with van der Waals surface area (Å²) < 4.78 is 0. The van der Waals surface area contributed by atoms with Gasteiger partial charge in [0.25, 0.3) is 0 Å². The molecule has 0 saturated carbocycles. The minimum absolute atomic E-state index is 0.154. The molecule has 174 valence electrons. The van der Waals surface area contributed by atoms with E-state index in [1.165, 1.54) is 11.8 Å². The van der Waals surface area contributed by atoms with Crippen LogP contribution in [0.2, 0.25) is 5.02 Å². The molecule has 6 heteroatoms. The zero-order valence-corrected chi connectivity index (χ0v) is 21.2. The Hall–Kier alpha value is -3.59. The minimum Gasteiger partial charge on any atom is -0.325 e. The first-order valence-electron chi connectivity index (χ1n) is 11.2. The Morgan fingerprint density at radius 3 is 2.11 bits per heavy atom. The Bertz CT molecular complexity index is 1390. The lowest BCUT2D eigenvalue weighted by Crippen LogP contribution is -2.22. The largest absolute Gasteiger partial charge is 0.325 e. The number of nitriles is 1. The number of nitrogens with zero attached hydrogens (tertiary/aromatic N) is 2. The maximum atomic E-state index is 12.9. The lowest BCUT2D eigenvalue weighted by atomic mass is 9.99. The van der Waals surface area contributed by atoms with Gasteiger partial charge in [-0.3, -0.25) is 4.79 Å². The van der Waals surface area contributed by atoms with E-state index in [1.54, 1.807) is 12.1 Å². The van der Waals surface area contributed by atoms with Gasteiger partial charge >= 0.3 is 0 Å². The number of aromatic nitrogens is 1. The second kappa shape index (κ2) is 10.8. The number of anilines is 1. The molecular weight excluding hydrogens is 474 g/mol. The highest BCUT2D eigenvalue weighted by Crippen LogP contribution is 2.36. The van der Waals surface area contributed by atoms with Crippen LogP contribution in [0.5, 0.6) is 0 Å². The Morgan fingerprint density at radius 2 is 1.51 bits per heavy atom. The Morgan fingerprint density at radius 1 is 0.943 bits per heavy atom. The number of carbonyl (C=O) groups excluding carboxylic acids is 1. The standard InChI is InChI=1S/C29H24ClN3OS/c1-18-4-8-22(9-5-18)27-16-25(21-10-12-23(30)13-11-21)26(17-31)29(33-27)35-20(3)28(34)32-24-14-6-19(2)7-15-24/h4-16,20H,1-3H3,(H,32,34). The van der Waals surface area contributed by atoms with Gasteiger partial charge < -0.3 is 5.32 Å². The number of thioether (sulfide) groups is 1. The number of carbonyl (C=O) groups is 1. The molecule has 1 atom stereocenters. The van der Waals surface area contributed by atoms with Crippen LogP contribution < -0.4 is 5.32 Å². The number of aryl methyl sites for hydroxylation is 2. The molecule has 0 bridgehead atoms. The quantitative estimate of drug-likeness (QED) is 0.277. The first-order chi connectivity index (χ1) is 16.8. The summed E-state index contributed by atoms with van der Waals surface area (Å²) in [4.78, 5) is 17.8. The van der Waals surface area contributed by atoms with Crippen LogP contribution in [0.15, 0.2) is 83.9 Å². The maximum Gasteiger partial charge on any atom is 0.237 e. The lowest BCUT2D eigenvalue weighted by Gasteiger charge is -2.16. The number of benzene rings is 3. The third kappa shape index (κ3) is 5.92. The van der Waals surface area contributed by atoms with Gasteiger partial charge in [0, 0.05) is 21.8 Å². The Balaban J connectivity index is 1.73. The van der Waals surface area contributed by atoms with Gasteiger partial charge in [-0.05, 0) is 56.7 Å². The summed E-state index contributed by atoms with van der Waals surface area (Å²) in [5.41, 5.74) is 6.73. The molecule has 1 heterocycles. The van der Waals surface area contributed by atoms with Crippen molar-refractivity contribution in [2.24, 2.45) is 0 Å². The fraction of sp³-hybridized carbons (Fsp3) is 0.138. The molecule has 1 N–H and O–H groups in total. The van der Waals surface area contributed by atoms with Crippen LogP contribution in [0, 0.1) is 25.2 Å². The van der Waals surface area contributed by atoms with Crippen LogP contribution in [-0.2, 0) is 4.79 Å². The highest BCUT2D eigenvalue weighted by Gasteiger charge is 2.21. The molecule has 0 radical (unpaired) electrons. The van der Waals surface area contributed by atoms with Crippen LogP contribution in [0.1, 0.15) is 23.6 Å². The van der Waals surface area contributed by atoms with E-state index in [0.717, 1.165) is 39.2 Å². The number of amides is 1. The molecule has 4 rings (SSSR count). The summed E-state index contributed by atoms with van der Waals surface area (Å²) in [5, 5.41) is 13.7. The van der Waals surface area contributed by atoms with Crippen LogP contribution in [0.25, 0.3) is 22.4 Å². The number of nitrogens with one attached hydrogen (secondary N) is 1. The SMILES string of the molecule is Cc1ccc(NC(=O)C(C)Sc2nc(-c3ccc(C)cc3)cc(-c3ccc(Cl)cc3)c2C#N)cc1. The van der Waals surface area contributed by atoms with Crippen molar-refractivity contribution >= 4 is 35.0 Å². The van der Waals surface area contributed by atoms with E-state index in [4.69, 9.17) is 16.6 Å². The summed E-state index contributed by atoms with van der Waals surface area (Å²) in [5.74, 6) is -0.154. The van der Waals surface area contributed by atoms with Gasteiger partial charge in [0.2, 0.25) is 5.91 Å². The fourth-order valence-electron chi connectivity index (χ4n) is 3.55. The van der Waals surface area contributed by atoms with Gasteiger partial charge in [-0.25, -0.2) is 4.98 Å². The smallest absolute Gasteiger partial charge is 0.237 e. The van der Waals surface area contributed by atoms with E-state index in [2.05, 4.69) is 11.4 Å². The highest BCUT2D eigenvalue weighted by atomic mass is 35.5. The molecule has 4 nitrogen and oxygen atoms in total. The predicted molar refractivity (Wildman–Crippen MR) is 145 cm³/mol. The van der Waals surface area contributed by atoms with Crippen LogP contribution in [-0.4, -0.2) is 16.1 Å². The zero-order valence-electron chi connectivity index (χ0n) is 19.7. The number of halogens is 1. The third-order valence-electron chi connectivity index (χ3n) is 5.58. The van der Waals surface area contributed by atoms with Crippen molar-refractivity contribution in [2.45, 2.75) is 31.0 Å². The zero-order chi connectivity index (χ0) is 24.9. The summed E-state index contributed by atoms with van der Waals surface area (Å²) in [6.45, 7) is 5.85. The number of rotatable bonds is 6. The van der Waals surface area contributed by atoms with Crippen molar-refractivity contribution in [3.05, 3.63) is 101 Å². The number of hydrogen-bond donors (Lipinski definition) is 1. The van der Waals surface area contributed by atoms with Crippen molar-refractivity contribution in [3.63, 3.8) is 0 Å². The van der Waals surface area contributed by atoms with Crippen molar-refractivity contribution < 1.29 is 4.79 Å². The summed E-state index contributed by atoms with van der Waals surface area (Å²) in [6, 6.07) is 27.4.